The molecule has 2 fully saturated rings. The smallest absolute Gasteiger partial charge is 0.225 e. The highest BCUT2D eigenvalue weighted by Crippen LogP contribution is 2.26. The van der Waals surface area contributed by atoms with E-state index in [0.29, 0.717) is 6.73 Å². The number of benzene rings is 1. The summed E-state index contributed by atoms with van der Waals surface area (Å²) in [5.41, 5.74) is 3.60. The lowest BCUT2D eigenvalue weighted by atomic mass is 9.91. The van der Waals surface area contributed by atoms with E-state index in [9.17, 15) is 4.39 Å². The fourth-order valence-electron chi connectivity index (χ4n) is 4.84. The Morgan fingerprint density at radius 1 is 1.03 bits per heavy atom. The van der Waals surface area contributed by atoms with Gasteiger partial charge in [0.05, 0.1) is 12.4 Å². The first-order valence-corrected chi connectivity index (χ1v) is 13.1. The maximum absolute atomic E-state index is 12.4. The highest BCUT2D eigenvalue weighted by Gasteiger charge is 2.29. The summed E-state index contributed by atoms with van der Waals surface area (Å²) in [6.07, 6.45) is 13.3. The van der Waals surface area contributed by atoms with Gasteiger partial charge in [-0.3, -0.25) is 9.80 Å². The molecule has 0 unspecified atom stereocenters. The average molecular weight is 482 g/mol. The molecular formula is C28H40FN5O. The number of hydrogen-bond donors (Lipinski definition) is 0. The Morgan fingerprint density at radius 2 is 1.77 bits per heavy atom. The monoisotopic (exact) mass is 481 g/mol. The van der Waals surface area contributed by atoms with Crippen molar-refractivity contribution in [3.8, 4) is 0 Å². The van der Waals surface area contributed by atoms with Crippen LogP contribution in [0.25, 0.3) is 6.08 Å². The second kappa shape index (κ2) is 13.1. The van der Waals surface area contributed by atoms with Gasteiger partial charge in [-0.2, -0.15) is 0 Å². The molecule has 7 heteroatoms. The van der Waals surface area contributed by atoms with Crippen molar-refractivity contribution in [3.63, 3.8) is 0 Å². The summed E-state index contributed by atoms with van der Waals surface area (Å²) in [7, 11) is 1.76. The van der Waals surface area contributed by atoms with Gasteiger partial charge in [0.1, 0.15) is 5.82 Å². The lowest BCUT2D eigenvalue weighted by Crippen LogP contribution is -2.52. The molecule has 0 spiro atoms. The zero-order chi connectivity index (χ0) is 24.5. The molecule has 190 valence electrons. The van der Waals surface area contributed by atoms with E-state index in [2.05, 4.69) is 32.8 Å². The number of hydrogen-bond acceptors (Lipinski definition) is 6. The quantitative estimate of drug-likeness (QED) is 0.609. The average Bonchev–Trinajstić information content (AvgIpc) is 3.06. The molecule has 35 heavy (non-hydrogen) atoms. The maximum Gasteiger partial charge on any atom is 0.225 e. The minimum Gasteiger partial charge on any atom is -0.369 e. The van der Waals surface area contributed by atoms with Gasteiger partial charge < -0.3 is 9.64 Å². The number of fused-ring (bicyclic) bond motifs is 1. The minimum absolute atomic E-state index is 0.182. The normalized spacial score (nSPS) is 19.6. The third-order valence-electron chi connectivity index (χ3n) is 7.22. The Kier molecular flexibility index (Phi) is 9.63. The fraction of sp³-hybridized carbons (Fsp3) is 0.571. The van der Waals surface area contributed by atoms with Crippen molar-refractivity contribution in [1.82, 2.24) is 19.8 Å². The number of rotatable bonds is 6. The van der Waals surface area contributed by atoms with Crippen LogP contribution in [-0.4, -0.2) is 78.9 Å². The number of ether oxygens (including phenoxy) is 1. The summed E-state index contributed by atoms with van der Waals surface area (Å²) in [5.74, 6) is 0.751. The predicted octanol–water partition coefficient (Wildman–Crippen LogP) is 4.40. The van der Waals surface area contributed by atoms with E-state index in [1.54, 1.807) is 19.2 Å². The van der Waals surface area contributed by atoms with Crippen LogP contribution < -0.4 is 4.90 Å². The van der Waals surface area contributed by atoms with Crippen LogP contribution in [-0.2, 0) is 17.6 Å². The van der Waals surface area contributed by atoms with E-state index in [-0.39, 0.29) is 5.82 Å². The topological polar surface area (TPSA) is 44.7 Å². The van der Waals surface area contributed by atoms with Gasteiger partial charge in [-0.15, -0.1) is 0 Å². The van der Waals surface area contributed by atoms with E-state index in [1.807, 2.05) is 12.2 Å². The molecule has 1 aromatic carbocycles. The van der Waals surface area contributed by atoms with E-state index in [0.717, 1.165) is 76.1 Å². The van der Waals surface area contributed by atoms with Gasteiger partial charge in [0.15, 0.2) is 0 Å². The molecule has 0 amide bonds. The van der Waals surface area contributed by atoms with Crippen molar-refractivity contribution in [2.24, 2.45) is 0 Å². The standard InChI is InChI=1S/C18H29N5O.C10H11F/c1-24-14-21-7-5-15-13-19-18(20-17(15)6-8-21)23-11-9-22(10-12-23)16-3-2-4-16;1-2-3-4-9-5-7-10(11)8-6-9/h13,16H,2-12,14H2,1H3;3-8H,2H2,1H3/b;4-3+. The molecule has 2 aliphatic heterocycles. The van der Waals surface area contributed by atoms with Gasteiger partial charge in [-0.25, -0.2) is 14.4 Å². The first-order chi connectivity index (χ1) is 17.2. The van der Waals surface area contributed by atoms with Crippen LogP contribution in [0.5, 0.6) is 0 Å². The number of halogens is 1. The van der Waals surface area contributed by atoms with Crippen molar-refractivity contribution in [2.75, 3.05) is 58.0 Å². The summed E-state index contributed by atoms with van der Waals surface area (Å²) >= 11 is 0. The summed E-state index contributed by atoms with van der Waals surface area (Å²) in [6.45, 7) is 9.27. The van der Waals surface area contributed by atoms with Crippen LogP contribution in [0.4, 0.5) is 10.3 Å². The highest BCUT2D eigenvalue weighted by atomic mass is 19.1. The molecule has 0 N–H and O–H groups in total. The molecular weight excluding hydrogens is 441 g/mol. The van der Waals surface area contributed by atoms with Crippen LogP contribution in [0, 0.1) is 5.82 Å². The fourth-order valence-corrected chi connectivity index (χ4v) is 4.84. The van der Waals surface area contributed by atoms with Gasteiger partial charge in [-0.05, 0) is 48.9 Å². The third-order valence-corrected chi connectivity index (χ3v) is 7.22. The van der Waals surface area contributed by atoms with Crippen molar-refractivity contribution in [3.05, 3.63) is 59.2 Å². The molecule has 1 saturated carbocycles. The molecule has 5 rings (SSSR count). The van der Waals surface area contributed by atoms with Crippen LogP contribution >= 0.6 is 0 Å². The third kappa shape index (κ3) is 7.32. The summed E-state index contributed by atoms with van der Waals surface area (Å²) in [4.78, 5) is 17.0. The van der Waals surface area contributed by atoms with Crippen molar-refractivity contribution < 1.29 is 9.13 Å². The van der Waals surface area contributed by atoms with Gasteiger partial charge >= 0.3 is 0 Å². The molecule has 0 radical (unpaired) electrons. The molecule has 0 bridgehead atoms. The number of aromatic nitrogens is 2. The van der Waals surface area contributed by atoms with Crippen LogP contribution in [0.3, 0.4) is 0 Å². The van der Waals surface area contributed by atoms with Crippen LogP contribution in [0.1, 0.15) is 49.4 Å². The number of allylic oxidation sites excluding steroid dienone is 1. The van der Waals surface area contributed by atoms with Crippen molar-refractivity contribution in [1.29, 1.82) is 0 Å². The molecule has 2 aromatic rings. The molecule has 3 heterocycles. The van der Waals surface area contributed by atoms with E-state index >= 15 is 0 Å². The Bertz CT molecular complexity index is 939. The van der Waals surface area contributed by atoms with Gasteiger partial charge in [-0.1, -0.05) is 37.6 Å². The summed E-state index contributed by atoms with van der Waals surface area (Å²) in [5, 5.41) is 0. The number of nitrogens with zero attached hydrogens (tertiary/aromatic N) is 5. The van der Waals surface area contributed by atoms with Gasteiger partial charge in [0, 0.05) is 65.0 Å². The van der Waals surface area contributed by atoms with E-state index < -0.39 is 0 Å². The molecule has 6 nitrogen and oxygen atoms in total. The van der Waals surface area contributed by atoms with Gasteiger partial charge in [0.25, 0.3) is 0 Å². The Labute approximate surface area is 209 Å². The lowest BCUT2D eigenvalue weighted by molar-refractivity contribution is 0.0664. The summed E-state index contributed by atoms with van der Waals surface area (Å²) < 4.78 is 17.7. The zero-order valence-corrected chi connectivity index (χ0v) is 21.3. The molecule has 3 aliphatic rings. The van der Waals surface area contributed by atoms with Crippen molar-refractivity contribution in [2.45, 2.75) is 51.5 Å². The Hall–Kier alpha value is -2.35. The molecule has 1 saturated heterocycles. The largest absolute Gasteiger partial charge is 0.369 e. The van der Waals surface area contributed by atoms with Crippen molar-refractivity contribution >= 4 is 12.0 Å². The SMILES string of the molecule is CC/C=C/c1ccc(F)cc1.COCN1CCc2cnc(N3CCN(C4CCC4)CC3)nc2CC1. The second-order valence-electron chi connectivity index (χ2n) is 9.65. The molecule has 0 atom stereocenters. The zero-order valence-electron chi connectivity index (χ0n) is 21.3. The van der Waals surface area contributed by atoms with Gasteiger partial charge in [0.2, 0.25) is 5.95 Å². The summed E-state index contributed by atoms with van der Waals surface area (Å²) in [6, 6.07) is 7.32. The Morgan fingerprint density at radius 3 is 2.43 bits per heavy atom. The molecule has 1 aliphatic carbocycles. The number of piperazine rings is 1. The second-order valence-corrected chi connectivity index (χ2v) is 9.65. The number of methoxy groups -OCH3 is 1. The van der Waals surface area contributed by atoms with Crippen LogP contribution in [0.2, 0.25) is 0 Å². The minimum atomic E-state index is -0.182. The predicted molar refractivity (Wildman–Crippen MR) is 140 cm³/mol. The highest BCUT2D eigenvalue weighted by molar-refractivity contribution is 5.48. The molecule has 1 aromatic heterocycles. The van der Waals surface area contributed by atoms with E-state index in [4.69, 9.17) is 9.72 Å². The van der Waals surface area contributed by atoms with Crippen LogP contribution in [0.15, 0.2) is 36.5 Å². The van der Waals surface area contributed by atoms with E-state index in [1.165, 1.54) is 42.7 Å². The Balaban J connectivity index is 0.000000221. The number of anilines is 1. The first kappa shape index (κ1) is 25.7. The maximum atomic E-state index is 12.4. The first-order valence-electron chi connectivity index (χ1n) is 13.1. The lowest BCUT2D eigenvalue weighted by Gasteiger charge is -2.43.